The van der Waals surface area contributed by atoms with Crippen molar-refractivity contribution >= 4 is 11.6 Å². The topological polar surface area (TPSA) is 58.6 Å². The van der Waals surface area contributed by atoms with Crippen LogP contribution in [0.25, 0.3) is 0 Å². The highest BCUT2D eigenvalue weighted by atomic mass is 16.5. The Morgan fingerprint density at radius 1 is 0.958 bits per heavy atom. The molecule has 2 N–H and O–H groups in total. The minimum absolute atomic E-state index is 0.0322. The molecule has 0 saturated heterocycles. The van der Waals surface area contributed by atoms with Crippen molar-refractivity contribution in [3.05, 3.63) is 83.9 Å². The van der Waals surface area contributed by atoms with Crippen molar-refractivity contribution in [1.82, 2.24) is 0 Å². The summed E-state index contributed by atoms with van der Waals surface area (Å²) in [4.78, 5) is 12.6. The SMILES string of the molecule is Cc1ccc(NC(=O)c2ccccc2Oc2ccccc2)c(O)c1. The zero-order valence-corrected chi connectivity index (χ0v) is 13.2. The first-order valence-electron chi connectivity index (χ1n) is 7.56. The average Bonchev–Trinajstić information content (AvgIpc) is 2.59. The molecule has 0 unspecified atom stereocenters. The van der Waals surface area contributed by atoms with E-state index in [1.807, 2.05) is 43.3 Å². The van der Waals surface area contributed by atoms with E-state index in [1.165, 1.54) is 0 Å². The maximum absolute atomic E-state index is 12.6. The van der Waals surface area contributed by atoms with Gasteiger partial charge in [-0.3, -0.25) is 4.79 Å². The molecule has 120 valence electrons. The standard InChI is InChI=1S/C20H17NO3/c1-14-11-12-17(18(22)13-14)21-20(23)16-9-5-6-10-19(16)24-15-7-3-2-4-8-15/h2-13,22H,1H3,(H,21,23). The van der Waals surface area contributed by atoms with Gasteiger partial charge in [-0.2, -0.15) is 0 Å². The zero-order chi connectivity index (χ0) is 16.9. The van der Waals surface area contributed by atoms with Gasteiger partial charge in [0.05, 0.1) is 11.3 Å². The lowest BCUT2D eigenvalue weighted by molar-refractivity contribution is 0.102. The second-order valence-electron chi connectivity index (χ2n) is 5.39. The van der Waals surface area contributed by atoms with Crippen molar-refractivity contribution in [2.75, 3.05) is 5.32 Å². The summed E-state index contributed by atoms with van der Waals surface area (Å²) in [5.74, 6) is 0.786. The van der Waals surface area contributed by atoms with Crippen LogP contribution in [-0.4, -0.2) is 11.0 Å². The third-order valence-electron chi connectivity index (χ3n) is 3.50. The molecule has 0 heterocycles. The number of ether oxygens (including phenoxy) is 1. The van der Waals surface area contributed by atoms with Crippen molar-refractivity contribution in [2.45, 2.75) is 6.92 Å². The van der Waals surface area contributed by atoms with Crippen molar-refractivity contribution in [3.8, 4) is 17.2 Å². The van der Waals surface area contributed by atoms with Crippen LogP contribution >= 0.6 is 0 Å². The highest BCUT2D eigenvalue weighted by molar-refractivity contribution is 6.06. The highest BCUT2D eigenvalue weighted by Crippen LogP contribution is 2.28. The first kappa shape index (κ1) is 15.6. The number of benzene rings is 3. The molecule has 3 rings (SSSR count). The normalized spacial score (nSPS) is 10.2. The minimum Gasteiger partial charge on any atom is -0.506 e. The molecule has 0 fully saturated rings. The number of aryl methyl sites for hydroxylation is 1. The van der Waals surface area contributed by atoms with Crippen molar-refractivity contribution < 1.29 is 14.6 Å². The Labute approximate surface area is 140 Å². The minimum atomic E-state index is -0.347. The van der Waals surface area contributed by atoms with Gasteiger partial charge in [0.2, 0.25) is 0 Å². The molecule has 3 aromatic rings. The first-order valence-corrected chi connectivity index (χ1v) is 7.56. The van der Waals surface area contributed by atoms with Gasteiger partial charge in [0.15, 0.2) is 0 Å². The van der Waals surface area contributed by atoms with Crippen LogP contribution in [0, 0.1) is 6.92 Å². The molecule has 4 heteroatoms. The van der Waals surface area contributed by atoms with Gasteiger partial charge in [0.1, 0.15) is 17.2 Å². The quantitative estimate of drug-likeness (QED) is 0.683. The molecule has 4 nitrogen and oxygen atoms in total. The molecular formula is C20H17NO3. The third kappa shape index (κ3) is 3.55. The van der Waals surface area contributed by atoms with Crippen molar-refractivity contribution in [1.29, 1.82) is 0 Å². The number of amides is 1. The Bertz CT molecular complexity index is 860. The fraction of sp³-hybridized carbons (Fsp3) is 0.0500. The molecule has 0 radical (unpaired) electrons. The lowest BCUT2D eigenvalue weighted by atomic mass is 10.1. The van der Waals surface area contributed by atoms with E-state index in [-0.39, 0.29) is 11.7 Å². The van der Waals surface area contributed by atoms with Crippen molar-refractivity contribution in [3.63, 3.8) is 0 Å². The molecule has 3 aromatic carbocycles. The van der Waals surface area contributed by atoms with E-state index in [0.717, 1.165) is 5.56 Å². The largest absolute Gasteiger partial charge is 0.506 e. The van der Waals surface area contributed by atoms with Gasteiger partial charge < -0.3 is 15.2 Å². The summed E-state index contributed by atoms with van der Waals surface area (Å²) in [6, 6.07) is 21.3. The van der Waals surface area contributed by atoms with E-state index < -0.39 is 0 Å². The van der Waals surface area contributed by atoms with Crippen LogP contribution in [0.4, 0.5) is 5.69 Å². The smallest absolute Gasteiger partial charge is 0.259 e. The molecule has 1 amide bonds. The fourth-order valence-corrected chi connectivity index (χ4v) is 2.30. The van der Waals surface area contributed by atoms with Gasteiger partial charge in [-0.25, -0.2) is 0 Å². The number of hydrogen-bond acceptors (Lipinski definition) is 3. The van der Waals surface area contributed by atoms with Crippen LogP contribution in [-0.2, 0) is 0 Å². The van der Waals surface area contributed by atoms with Gasteiger partial charge in [-0.15, -0.1) is 0 Å². The first-order chi connectivity index (χ1) is 11.6. The van der Waals surface area contributed by atoms with Crippen LogP contribution in [0.5, 0.6) is 17.2 Å². The number of carbonyl (C=O) groups is 1. The molecule has 0 aromatic heterocycles. The van der Waals surface area contributed by atoms with Crippen LogP contribution in [0.2, 0.25) is 0 Å². The van der Waals surface area contributed by atoms with E-state index in [0.29, 0.717) is 22.7 Å². The van der Waals surface area contributed by atoms with Crippen LogP contribution in [0.1, 0.15) is 15.9 Å². The van der Waals surface area contributed by atoms with Crippen LogP contribution < -0.4 is 10.1 Å². The van der Waals surface area contributed by atoms with Gasteiger partial charge in [-0.05, 0) is 48.9 Å². The Hall–Kier alpha value is -3.27. The molecule has 0 aliphatic rings. The maximum Gasteiger partial charge on any atom is 0.259 e. The summed E-state index contributed by atoms with van der Waals surface area (Å²) < 4.78 is 5.79. The summed E-state index contributed by atoms with van der Waals surface area (Å²) in [6.07, 6.45) is 0. The molecule has 0 saturated carbocycles. The number of phenols is 1. The van der Waals surface area contributed by atoms with Gasteiger partial charge in [0.25, 0.3) is 5.91 Å². The number of nitrogens with one attached hydrogen (secondary N) is 1. The second-order valence-corrected chi connectivity index (χ2v) is 5.39. The third-order valence-corrected chi connectivity index (χ3v) is 3.50. The fourth-order valence-electron chi connectivity index (χ4n) is 2.30. The molecule has 0 spiro atoms. The monoisotopic (exact) mass is 319 g/mol. The summed E-state index contributed by atoms with van der Waals surface area (Å²) in [5.41, 5.74) is 1.67. The summed E-state index contributed by atoms with van der Waals surface area (Å²) in [5, 5.41) is 12.7. The predicted octanol–water partition coefficient (Wildman–Crippen LogP) is 4.75. The number of aromatic hydroxyl groups is 1. The van der Waals surface area contributed by atoms with Crippen molar-refractivity contribution in [2.24, 2.45) is 0 Å². The van der Waals surface area contributed by atoms with E-state index in [2.05, 4.69) is 5.32 Å². The molecule has 0 aliphatic carbocycles. The van der Waals surface area contributed by atoms with E-state index >= 15 is 0 Å². The summed E-state index contributed by atoms with van der Waals surface area (Å²) in [7, 11) is 0. The molecular weight excluding hydrogens is 302 g/mol. The van der Waals surface area contributed by atoms with Crippen LogP contribution in [0.15, 0.2) is 72.8 Å². The Kier molecular flexibility index (Phi) is 4.47. The number of anilines is 1. The molecule has 0 aliphatic heterocycles. The van der Waals surface area contributed by atoms with Gasteiger partial charge in [0, 0.05) is 0 Å². The second kappa shape index (κ2) is 6.87. The number of phenolic OH excluding ortho intramolecular Hbond substituents is 1. The zero-order valence-electron chi connectivity index (χ0n) is 13.2. The molecule has 0 bridgehead atoms. The Morgan fingerprint density at radius 3 is 2.42 bits per heavy atom. The molecule has 0 atom stereocenters. The lowest BCUT2D eigenvalue weighted by Crippen LogP contribution is -2.13. The Morgan fingerprint density at radius 2 is 1.67 bits per heavy atom. The number of para-hydroxylation sites is 2. The lowest BCUT2D eigenvalue weighted by Gasteiger charge is -2.12. The highest BCUT2D eigenvalue weighted by Gasteiger charge is 2.14. The summed E-state index contributed by atoms with van der Waals surface area (Å²) in [6.45, 7) is 1.87. The molecule has 24 heavy (non-hydrogen) atoms. The maximum atomic E-state index is 12.6. The summed E-state index contributed by atoms with van der Waals surface area (Å²) >= 11 is 0. The van der Waals surface area contributed by atoms with E-state index in [9.17, 15) is 9.90 Å². The number of carbonyl (C=O) groups excluding carboxylic acids is 1. The predicted molar refractivity (Wildman–Crippen MR) is 93.8 cm³/mol. The van der Waals surface area contributed by atoms with Crippen LogP contribution in [0.3, 0.4) is 0 Å². The average molecular weight is 319 g/mol. The number of rotatable bonds is 4. The Balaban J connectivity index is 1.85. The van der Waals surface area contributed by atoms with Gasteiger partial charge in [-0.1, -0.05) is 36.4 Å². The van der Waals surface area contributed by atoms with E-state index in [1.54, 1.807) is 36.4 Å². The van der Waals surface area contributed by atoms with Gasteiger partial charge >= 0.3 is 0 Å². The van der Waals surface area contributed by atoms with E-state index in [4.69, 9.17) is 4.74 Å². The number of hydrogen-bond donors (Lipinski definition) is 2.